The Labute approximate surface area is 194 Å². The standard InChI is InChI=1S/C27H26N2O3S/c1-19-11-13-24(14-12-19)33(31,32)29(23-16-20(2)15-21(3)17-23)18-27(30)28-26-10-6-8-22-7-4-5-9-25(22)26/h4-17H,18H2,1-3H3,(H,28,30). The molecule has 33 heavy (non-hydrogen) atoms. The van der Waals surface area contributed by atoms with Crippen LogP contribution in [0.1, 0.15) is 16.7 Å². The van der Waals surface area contributed by atoms with E-state index in [1.807, 2.05) is 69.3 Å². The summed E-state index contributed by atoms with van der Waals surface area (Å²) in [6.07, 6.45) is 0. The minimum absolute atomic E-state index is 0.144. The van der Waals surface area contributed by atoms with Crippen molar-refractivity contribution in [2.75, 3.05) is 16.2 Å². The third-order valence-electron chi connectivity index (χ3n) is 5.45. The minimum atomic E-state index is -3.96. The maximum atomic E-state index is 13.6. The molecule has 0 heterocycles. The number of aryl methyl sites for hydroxylation is 3. The van der Waals surface area contributed by atoms with E-state index in [0.29, 0.717) is 11.4 Å². The quantitative estimate of drug-likeness (QED) is 0.409. The monoisotopic (exact) mass is 458 g/mol. The second-order valence-electron chi connectivity index (χ2n) is 8.25. The van der Waals surface area contributed by atoms with Crippen LogP contribution in [0.15, 0.2) is 89.8 Å². The first-order valence-corrected chi connectivity index (χ1v) is 12.1. The Bertz CT molecular complexity index is 1400. The van der Waals surface area contributed by atoms with Crippen molar-refractivity contribution in [1.29, 1.82) is 0 Å². The summed E-state index contributed by atoms with van der Waals surface area (Å²) in [5.41, 5.74) is 3.90. The average Bonchev–Trinajstić information content (AvgIpc) is 2.77. The molecule has 0 radical (unpaired) electrons. The van der Waals surface area contributed by atoms with Gasteiger partial charge in [0.1, 0.15) is 6.54 Å². The Kier molecular flexibility index (Phi) is 6.20. The Morgan fingerprint density at radius 1 is 0.788 bits per heavy atom. The lowest BCUT2D eigenvalue weighted by atomic mass is 10.1. The predicted octanol–water partition coefficient (Wildman–Crippen LogP) is 5.60. The highest BCUT2D eigenvalue weighted by molar-refractivity contribution is 7.92. The number of carbonyl (C=O) groups is 1. The first-order chi connectivity index (χ1) is 15.7. The van der Waals surface area contributed by atoms with E-state index in [4.69, 9.17) is 0 Å². The molecule has 1 amide bonds. The summed E-state index contributed by atoms with van der Waals surface area (Å²) in [7, 11) is -3.96. The third kappa shape index (κ3) is 4.91. The summed E-state index contributed by atoms with van der Waals surface area (Å²) in [6, 6.07) is 25.6. The maximum absolute atomic E-state index is 13.6. The van der Waals surface area contributed by atoms with Crippen molar-refractivity contribution in [1.82, 2.24) is 0 Å². The largest absolute Gasteiger partial charge is 0.324 e. The fraction of sp³-hybridized carbons (Fsp3) is 0.148. The number of fused-ring (bicyclic) bond motifs is 1. The van der Waals surface area contributed by atoms with Crippen molar-refractivity contribution in [3.05, 3.63) is 102 Å². The fourth-order valence-corrected chi connectivity index (χ4v) is 5.31. The van der Waals surface area contributed by atoms with E-state index in [9.17, 15) is 13.2 Å². The molecule has 0 aliphatic carbocycles. The number of anilines is 2. The molecular formula is C27H26N2O3S. The Hall–Kier alpha value is -3.64. The SMILES string of the molecule is Cc1ccc(S(=O)(=O)N(CC(=O)Nc2cccc3ccccc23)c2cc(C)cc(C)c2)cc1. The molecule has 0 saturated carbocycles. The highest BCUT2D eigenvalue weighted by Crippen LogP contribution is 2.27. The molecule has 0 atom stereocenters. The van der Waals surface area contributed by atoms with E-state index in [1.165, 1.54) is 4.31 Å². The van der Waals surface area contributed by atoms with Gasteiger partial charge < -0.3 is 5.32 Å². The lowest BCUT2D eigenvalue weighted by Crippen LogP contribution is -2.38. The molecule has 0 saturated heterocycles. The van der Waals surface area contributed by atoms with Gasteiger partial charge in [0.15, 0.2) is 0 Å². The number of nitrogens with zero attached hydrogens (tertiary/aromatic N) is 1. The lowest BCUT2D eigenvalue weighted by molar-refractivity contribution is -0.114. The molecule has 168 valence electrons. The molecule has 4 aromatic carbocycles. The first kappa shape index (κ1) is 22.6. The summed E-state index contributed by atoms with van der Waals surface area (Å²) in [5, 5.41) is 4.79. The molecule has 0 bridgehead atoms. The zero-order valence-corrected chi connectivity index (χ0v) is 19.7. The summed E-state index contributed by atoms with van der Waals surface area (Å²) in [5.74, 6) is -0.416. The summed E-state index contributed by atoms with van der Waals surface area (Å²) < 4.78 is 28.4. The third-order valence-corrected chi connectivity index (χ3v) is 7.24. The molecule has 5 nitrogen and oxygen atoms in total. The van der Waals surface area contributed by atoms with Crippen LogP contribution in [-0.4, -0.2) is 20.9 Å². The normalized spacial score (nSPS) is 11.4. The first-order valence-electron chi connectivity index (χ1n) is 10.7. The smallest absolute Gasteiger partial charge is 0.264 e. The van der Waals surface area contributed by atoms with Gasteiger partial charge in [0.2, 0.25) is 5.91 Å². The maximum Gasteiger partial charge on any atom is 0.264 e. The van der Waals surface area contributed by atoms with E-state index in [2.05, 4.69) is 5.32 Å². The van der Waals surface area contributed by atoms with Crippen LogP contribution in [0, 0.1) is 20.8 Å². The minimum Gasteiger partial charge on any atom is -0.324 e. The van der Waals surface area contributed by atoms with Crippen LogP contribution in [0.25, 0.3) is 10.8 Å². The molecule has 0 unspecified atom stereocenters. The van der Waals surface area contributed by atoms with Crippen LogP contribution in [0.3, 0.4) is 0 Å². The molecule has 0 aliphatic heterocycles. The zero-order chi connectivity index (χ0) is 23.6. The van der Waals surface area contributed by atoms with Crippen LogP contribution in [-0.2, 0) is 14.8 Å². The van der Waals surface area contributed by atoms with Gasteiger partial charge in [-0.2, -0.15) is 0 Å². The van der Waals surface area contributed by atoms with Gasteiger partial charge >= 0.3 is 0 Å². The number of rotatable bonds is 6. The number of benzene rings is 4. The van der Waals surface area contributed by atoms with Gasteiger partial charge in [0, 0.05) is 11.1 Å². The molecule has 4 aromatic rings. The van der Waals surface area contributed by atoms with Crippen LogP contribution in [0.2, 0.25) is 0 Å². The topological polar surface area (TPSA) is 66.5 Å². The summed E-state index contributed by atoms with van der Waals surface area (Å²) in [6.45, 7) is 5.37. The van der Waals surface area contributed by atoms with Crippen molar-refractivity contribution < 1.29 is 13.2 Å². The molecule has 1 N–H and O–H groups in total. The highest BCUT2D eigenvalue weighted by Gasteiger charge is 2.27. The van der Waals surface area contributed by atoms with Gasteiger partial charge in [-0.3, -0.25) is 9.10 Å². The molecule has 0 spiro atoms. The number of amides is 1. The Morgan fingerprint density at radius 3 is 2.12 bits per heavy atom. The summed E-state index contributed by atoms with van der Waals surface area (Å²) >= 11 is 0. The second kappa shape index (κ2) is 9.08. The van der Waals surface area contributed by atoms with Gasteiger partial charge in [-0.05, 0) is 67.6 Å². The second-order valence-corrected chi connectivity index (χ2v) is 10.1. The molecular weight excluding hydrogens is 432 g/mol. The van der Waals surface area contributed by atoms with E-state index in [0.717, 1.165) is 27.5 Å². The van der Waals surface area contributed by atoms with Crippen LogP contribution >= 0.6 is 0 Å². The van der Waals surface area contributed by atoms with Crippen LogP contribution in [0.4, 0.5) is 11.4 Å². The van der Waals surface area contributed by atoms with Gasteiger partial charge in [0.05, 0.1) is 10.6 Å². The van der Waals surface area contributed by atoms with E-state index in [1.54, 1.807) is 36.4 Å². The number of carbonyl (C=O) groups excluding carboxylic acids is 1. The van der Waals surface area contributed by atoms with E-state index >= 15 is 0 Å². The van der Waals surface area contributed by atoms with Crippen LogP contribution in [0.5, 0.6) is 0 Å². The van der Waals surface area contributed by atoms with Gasteiger partial charge in [-0.15, -0.1) is 0 Å². The highest BCUT2D eigenvalue weighted by atomic mass is 32.2. The lowest BCUT2D eigenvalue weighted by Gasteiger charge is -2.25. The molecule has 0 aliphatic rings. The van der Waals surface area contributed by atoms with Gasteiger partial charge in [0.25, 0.3) is 10.0 Å². The number of hydrogen-bond acceptors (Lipinski definition) is 3. The number of hydrogen-bond donors (Lipinski definition) is 1. The van der Waals surface area contributed by atoms with E-state index < -0.39 is 15.9 Å². The molecule has 4 rings (SSSR count). The molecule has 0 aromatic heterocycles. The number of sulfonamides is 1. The Morgan fingerprint density at radius 2 is 1.42 bits per heavy atom. The molecule has 0 fully saturated rings. The van der Waals surface area contributed by atoms with E-state index in [-0.39, 0.29) is 11.4 Å². The summed E-state index contributed by atoms with van der Waals surface area (Å²) in [4.78, 5) is 13.3. The van der Waals surface area contributed by atoms with Crippen molar-refractivity contribution >= 4 is 38.1 Å². The van der Waals surface area contributed by atoms with Crippen molar-refractivity contribution in [3.63, 3.8) is 0 Å². The van der Waals surface area contributed by atoms with Crippen molar-refractivity contribution in [2.24, 2.45) is 0 Å². The molecule has 6 heteroatoms. The van der Waals surface area contributed by atoms with Gasteiger partial charge in [-0.1, -0.05) is 60.2 Å². The average molecular weight is 459 g/mol. The predicted molar refractivity (Wildman–Crippen MR) is 134 cm³/mol. The van der Waals surface area contributed by atoms with Crippen molar-refractivity contribution in [3.8, 4) is 0 Å². The fourth-order valence-electron chi connectivity index (χ4n) is 3.90. The van der Waals surface area contributed by atoms with Gasteiger partial charge in [-0.25, -0.2) is 8.42 Å². The number of nitrogens with one attached hydrogen (secondary N) is 1. The van der Waals surface area contributed by atoms with Crippen molar-refractivity contribution in [2.45, 2.75) is 25.7 Å². The Balaban J connectivity index is 1.71. The van der Waals surface area contributed by atoms with Crippen LogP contribution < -0.4 is 9.62 Å². The zero-order valence-electron chi connectivity index (χ0n) is 18.9.